The fourth-order valence-electron chi connectivity index (χ4n) is 6.88. The number of hydrogen-bond donors (Lipinski definition) is 2. The molecule has 8 nitrogen and oxygen atoms in total. The summed E-state index contributed by atoms with van der Waals surface area (Å²) in [6.07, 6.45) is 13.6. The quantitative estimate of drug-likeness (QED) is 0.0571. The third-order valence-electron chi connectivity index (χ3n) is 10.7. The van der Waals surface area contributed by atoms with Gasteiger partial charge in [0, 0.05) is 62.2 Å². The first-order valence-corrected chi connectivity index (χ1v) is 16.9. The summed E-state index contributed by atoms with van der Waals surface area (Å²) in [5.74, 6) is 0.729. The van der Waals surface area contributed by atoms with Crippen molar-refractivity contribution in [1.29, 1.82) is 0 Å². The van der Waals surface area contributed by atoms with Gasteiger partial charge in [0.2, 0.25) is 0 Å². The van der Waals surface area contributed by atoms with E-state index in [2.05, 4.69) is 63.5 Å². The second-order valence-corrected chi connectivity index (χ2v) is 13.5. The van der Waals surface area contributed by atoms with Crippen molar-refractivity contribution in [3.05, 3.63) is 23.3 Å². The molecule has 2 N–H and O–H groups in total. The molecular weight excluding hydrogens is 610 g/mol. The van der Waals surface area contributed by atoms with E-state index < -0.39 is 5.60 Å². The molecular formula is C36H68AlNaO8. The maximum absolute atomic E-state index is 12.4. The number of carbonyl (C=O) groups is 1. The van der Waals surface area contributed by atoms with Crippen LogP contribution in [0.5, 0.6) is 0 Å². The summed E-state index contributed by atoms with van der Waals surface area (Å²) < 4.78 is 15.2. The Morgan fingerprint density at radius 3 is 1.72 bits per heavy atom. The number of cyclic esters (lactones) is 1. The van der Waals surface area contributed by atoms with E-state index in [1.165, 1.54) is 11.1 Å². The molecule has 0 bridgehead atoms. The predicted molar refractivity (Wildman–Crippen MR) is 190 cm³/mol. The molecule has 46 heavy (non-hydrogen) atoms. The number of aliphatic hydroxyl groups is 2. The molecule has 1 aliphatic heterocycles. The first kappa shape index (κ1) is 48.4. The SMILES string of the molecule is CCC(O)(CC)CC1(CO)CCC(C)=CC1C.CCC1(CC)CC2(CCC(C)=CC2C)C(=O)O1.COCCOOCCOC.[AlH2].[Na]. The maximum Gasteiger partial charge on any atom is 0.313 e. The summed E-state index contributed by atoms with van der Waals surface area (Å²) in [6.45, 7) is 19.2. The van der Waals surface area contributed by atoms with Crippen molar-refractivity contribution in [2.75, 3.05) is 47.3 Å². The first-order chi connectivity index (χ1) is 20.8. The zero-order valence-corrected chi connectivity index (χ0v) is 35.8. The van der Waals surface area contributed by atoms with E-state index in [0.29, 0.717) is 44.7 Å². The smallest absolute Gasteiger partial charge is 0.313 e. The van der Waals surface area contributed by atoms with Crippen molar-refractivity contribution in [2.45, 2.75) is 131 Å². The van der Waals surface area contributed by atoms with Crippen LogP contribution in [0.2, 0.25) is 0 Å². The molecule has 0 amide bonds. The van der Waals surface area contributed by atoms with E-state index in [4.69, 9.17) is 14.2 Å². The Kier molecular flexibility index (Phi) is 24.8. The Labute approximate surface area is 314 Å². The van der Waals surface area contributed by atoms with Crippen molar-refractivity contribution >= 4 is 52.9 Å². The fraction of sp³-hybridized carbons (Fsp3) is 0.861. The Morgan fingerprint density at radius 1 is 0.870 bits per heavy atom. The molecule has 3 aliphatic rings. The van der Waals surface area contributed by atoms with E-state index in [9.17, 15) is 15.0 Å². The van der Waals surface area contributed by atoms with Gasteiger partial charge in [-0.1, -0.05) is 64.8 Å². The second-order valence-electron chi connectivity index (χ2n) is 13.5. The first-order valence-electron chi connectivity index (χ1n) is 16.9. The Hall–Kier alpha value is 0.242. The normalized spacial score (nSPS) is 26.7. The van der Waals surface area contributed by atoms with Gasteiger partial charge in [-0.2, -0.15) is 0 Å². The Morgan fingerprint density at radius 2 is 1.35 bits per heavy atom. The standard InChI is InChI=1S/C15H24O2.C15H28O2.C6H14O4.Al.Na.2H/c1-5-14(6-2)10-15(13(16)17-14)8-7-11(3)9-12(15)4;1-5-15(17,6-2)10-14(11-16)8-7-12(3)9-13(14)4;1-7-3-5-9-10-6-4-8-2;;;;/h9,12H,5-8,10H2,1-4H3;9,13,16-17H,5-8,10-11H2,1-4H3;3-6H2,1-2H3;;;;. The minimum absolute atomic E-state index is 0. The van der Waals surface area contributed by atoms with Crippen LogP contribution in [0.4, 0.5) is 0 Å². The monoisotopic (exact) mass is 678 g/mol. The zero-order valence-electron chi connectivity index (χ0n) is 31.8. The average molecular weight is 679 g/mol. The summed E-state index contributed by atoms with van der Waals surface area (Å²) in [4.78, 5) is 21.7. The van der Waals surface area contributed by atoms with Gasteiger partial charge in [-0.15, -0.1) is 0 Å². The molecule has 2 radical (unpaired) electrons. The number of allylic oxidation sites excluding steroid dienone is 4. The zero-order chi connectivity index (χ0) is 33.4. The number of esters is 1. The van der Waals surface area contributed by atoms with Crippen LogP contribution in [0, 0.1) is 22.7 Å². The average Bonchev–Trinajstić information content (AvgIpc) is 3.32. The molecule has 4 atom stereocenters. The summed E-state index contributed by atoms with van der Waals surface area (Å²) in [5.41, 5.74) is 1.67. The molecule has 2 aliphatic carbocycles. The van der Waals surface area contributed by atoms with Crippen molar-refractivity contribution in [3.63, 3.8) is 0 Å². The largest absolute Gasteiger partial charge is 0.459 e. The number of hydrogen-bond acceptors (Lipinski definition) is 8. The number of rotatable bonds is 14. The number of carbonyl (C=O) groups excluding carboxylic acids is 1. The van der Waals surface area contributed by atoms with Gasteiger partial charge in [-0.3, -0.25) is 4.79 Å². The van der Waals surface area contributed by atoms with Crippen LogP contribution in [-0.2, 0) is 28.8 Å². The number of ether oxygens (including phenoxy) is 3. The van der Waals surface area contributed by atoms with Gasteiger partial charge in [-0.05, 0) is 83.5 Å². The van der Waals surface area contributed by atoms with E-state index >= 15 is 0 Å². The van der Waals surface area contributed by atoms with Gasteiger partial charge >= 0.3 is 5.97 Å². The Balaban J connectivity index is 0. The van der Waals surface area contributed by atoms with E-state index in [1.807, 2.05) is 13.8 Å². The topological polar surface area (TPSA) is 104 Å². The van der Waals surface area contributed by atoms with Gasteiger partial charge in [0.1, 0.15) is 36.2 Å². The molecule has 0 aromatic carbocycles. The molecule has 1 saturated heterocycles. The predicted octanol–water partition coefficient (Wildman–Crippen LogP) is 6.07. The molecule has 264 valence electrons. The molecule has 0 saturated carbocycles. The van der Waals surface area contributed by atoms with Crippen molar-refractivity contribution in [3.8, 4) is 0 Å². The maximum atomic E-state index is 12.4. The summed E-state index contributed by atoms with van der Waals surface area (Å²) in [6, 6.07) is 0. The van der Waals surface area contributed by atoms with Crippen molar-refractivity contribution in [1.82, 2.24) is 0 Å². The third-order valence-corrected chi connectivity index (χ3v) is 10.7. The summed E-state index contributed by atoms with van der Waals surface area (Å²) in [7, 11) is 3.22. The van der Waals surface area contributed by atoms with Crippen LogP contribution in [0.3, 0.4) is 0 Å². The van der Waals surface area contributed by atoms with E-state index in [1.54, 1.807) is 14.2 Å². The van der Waals surface area contributed by atoms with Crippen LogP contribution in [0.1, 0.15) is 120 Å². The van der Waals surface area contributed by atoms with Crippen LogP contribution >= 0.6 is 0 Å². The molecule has 1 heterocycles. The third kappa shape index (κ3) is 13.9. The molecule has 10 heteroatoms. The van der Waals surface area contributed by atoms with Crippen LogP contribution in [0.25, 0.3) is 0 Å². The van der Waals surface area contributed by atoms with Gasteiger partial charge in [0.15, 0.2) is 0 Å². The number of aliphatic hydroxyl groups excluding tert-OH is 1. The minimum atomic E-state index is -0.615. The van der Waals surface area contributed by atoms with Crippen molar-refractivity contribution in [2.24, 2.45) is 22.7 Å². The fourth-order valence-corrected chi connectivity index (χ4v) is 6.88. The molecule has 3 rings (SSSR count). The molecule has 0 aromatic rings. The van der Waals surface area contributed by atoms with Crippen LogP contribution in [0.15, 0.2) is 23.3 Å². The molecule has 1 fully saturated rings. The van der Waals surface area contributed by atoms with Gasteiger partial charge in [0.25, 0.3) is 0 Å². The minimum Gasteiger partial charge on any atom is -0.459 e. The molecule has 1 spiro atoms. The van der Waals surface area contributed by atoms with Crippen LogP contribution < -0.4 is 0 Å². The van der Waals surface area contributed by atoms with Gasteiger partial charge in [0.05, 0.1) is 24.2 Å². The van der Waals surface area contributed by atoms with E-state index in [-0.39, 0.29) is 75.9 Å². The van der Waals surface area contributed by atoms with Crippen molar-refractivity contribution < 1.29 is 39.0 Å². The van der Waals surface area contributed by atoms with Gasteiger partial charge < -0.3 is 24.4 Å². The Bertz CT molecular complexity index is 896. The summed E-state index contributed by atoms with van der Waals surface area (Å²) in [5, 5.41) is 20.3. The molecule has 0 aromatic heterocycles. The molecule has 4 unspecified atom stereocenters. The van der Waals surface area contributed by atoms with Gasteiger partial charge in [-0.25, -0.2) is 9.78 Å². The van der Waals surface area contributed by atoms with Crippen LogP contribution in [-0.4, -0.2) is 122 Å². The number of methoxy groups -OCH3 is 2. The van der Waals surface area contributed by atoms with E-state index in [0.717, 1.165) is 57.8 Å². The summed E-state index contributed by atoms with van der Waals surface area (Å²) >= 11 is 0. The second kappa shape index (κ2) is 23.6.